The minimum atomic E-state index is -0.927. The number of benzene rings is 2. The Balaban J connectivity index is 2.01. The number of hydrogen-bond acceptors (Lipinski definition) is 6. The van der Waals surface area contributed by atoms with Gasteiger partial charge in [0.15, 0.2) is 0 Å². The number of carbonyl (C=O) groups excluding carboxylic acids is 4. The van der Waals surface area contributed by atoms with E-state index in [1.807, 2.05) is 60.7 Å². The van der Waals surface area contributed by atoms with Crippen LogP contribution in [0.5, 0.6) is 0 Å². The van der Waals surface area contributed by atoms with Gasteiger partial charge in [-0.15, -0.1) is 0 Å². The first-order valence-electron chi connectivity index (χ1n) is 11.7. The predicted molar refractivity (Wildman–Crippen MR) is 133 cm³/mol. The first-order chi connectivity index (χ1) is 16.7. The summed E-state index contributed by atoms with van der Waals surface area (Å²) in [4.78, 5) is 50.3. The fourth-order valence-electron chi connectivity index (χ4n) is 3.61. The third-order valence-corrected chi connectivity index (χ3v) is 5.66. The van der Waals surface area contributed by atoms with Crippen molar-refractivity contribution < 1.29 is 23.9 Å². The van der Waals surface area contributed by atoms with E-state index in [-0.39, 0.29) is 31.0 Å². The molecule has 0 aromatic heterocycles. The number of ketones is 1. The molecule has 4 N–H and O–H groups in total. The number of nitrogens with two attached hydrogens (primary N) is 1. The average molecular weight is 482 g/mol. The van der Waals surface area contributed by atoms with Gasteiger partial charge in [-0.1, -0.05) is 74.5 Å². The van der Waals surface area contributed by atoms with Gasteiger partial charge in [0.25, 0.3) is 0 Å². The van der Waals surface area contributed by atoms with E-state index >= 15 is 0 Å². The zero-order chi connectivity index (χ0) is 25.8. The zero-order valence-electron chi connectivity index (χ0n) is 20.5. The molecule has 8 heteroatoms. The van der Waals surface area contributed by atoms with Gasteiger partial charge in [0.2, 0.25) is 11.8 Å². The molecule has 2 aromatic carbocycles. The molecule has 0 aliphatic rings. The number of amides is 2. The Kier molecular flexibility index (Phi) is 11.1. The largest absolute Gasteiger partial charge is 0.467 e. The highest BCUT2D eigenvalue weighted by atomic mass is 16.5. The van der Waals surface area contributed by atoms with Crippen LogP contribution in [0.15, 0.2) is 60.7 Å². The molecule has 0 spiro atoms. The van der Waals surface area contributed by atoms with Crippen molar-refractivity contribution in [3.05, 3.63) is 71.8 Å². The maximum atomic E-state index is 13.0. The van der Waals surface area contributed by atoms with Gasteiger partial charge in [-0.2, -0.15) is 0 Å². The summed E-state index contributed by atoms with van der Waals surface area (Å²) >= 11 is 0. The maximum absolute atomic E-state index is 13.0. The van der Waals surface area contributed by atoms with Gasteiger partial charge in [-0.3, -0.25) is 14.4 Å². The molecule has 2 amide bonds. The standard InChI is InChI=1S/C27H35N3O5/c1-18(2)25(27(34)35-3)30-26(33)22(17-20-12-8-5-9-13-20)29-24(32)15-14-23(31)21(28)16-19-10-6-4-7-11-19/h4-13,18,21-22,25H,14-17,28H2,1-3H3,(H,29,32)(H,30,33). The van der Waals surface area contributed by atoms with Crippen LogP contribution >= 0.6 is 0 Å². The summed E-state index contributed by atoms with van der Waals surface area (Å²) in [6.45, 7) is 3.58. The second-order valence-corrected chi connectivity index (χ2v) is 8.83. The van der Waals surface area contributed by atoms with Crippen molar-refractivity contribution >= 4 is 23.6 Å². The van der Waals surface area contributed by atoms with Crippen LogP contribution in [-0.2, 0) is 36.8 Å². The van der Waals surface area contributed by atoms with Gasteiger partial charge < -0.3 is 21.1 Å². The Morgan fingerprint density at radius 3 is 1.89 bits per heavy atom. The van der Waals surface area contributed by atoms with Crippen molar-refractivity contribution in [1.29, 1.82) is 0 Å². The summed E-state index contributed by atoms with van der Waals surface area (Å²) in [5.74, 6) is -1.93. The Bertz CT molecular complexity index is 979. The monoisotopic (exact) mass is 481 g/mol. The maximum Gasteiger partial charge on any atom is 0.328 e. The number of carbonyl (C=O) groups is 4. The Morgan fingerprint density at radius 1 is 0.829 bits per heavy atom. The van der Waals surface area contributed by atoms with Crippen molar-refractivity contribution in [1.82, 2.24) is 10.6 Å². The van der Waals surface area contributed by atoms with Gasteiger partial charge in [0.1, 0.15) is 17.9 Å². The molecular formula is C27H35N3O5. The molecule has 0 saturated carbocycles. The van der Waals surface area contributed by atoms with Crippen LogP contribution in [0.3, 0.4) is 0 Å². The normalized spacial score (nSPS) is 13.4. The van der Waals surface area contributed by atoms with Gasteiger partial charge in [0, 0.05) is 19.3 Å². The van der Waals surface area contributed by atoms with Crippen molar-refractivity contribution in [3.8, 4) is 0 Å². The van der Waals surface area contributed by atoms with E-state index < -0.39 is 35.9 Å². The number of Topliss-reactive ketones (excluding diaryl/α,β-unsaturated/α-hetero) is 1. The van der Waals surface area contributed by atoms with Crippen LogP contribution in [0.2, 0.25) is 0 Å². The highest BCUT2D eigenvalue weighted by Gasteiger charge is 2.29. The van der Waals surface area contributed by atoms with Crippen molar-refractivity contribution in [2.75, 3.05) is 7.11 Å². The summed E-state index contributed by atoms with van der Waals surface area (Å²) in [5.41, 5.74) is 7.81. The second-order valence-electron chi connectivity index (χ2n) is 8.83. The molecule has 0 aliphatic carbocycles. The quantitative estimate of drug-likeness (QED) is 0.375. The Hall–Kier alpha value is -3.52. The van der Waals surface area contributed by atoms with Crippen molar-refractivity contribution in [3.63, 3.8) is 0 Å². The molecule has 3 unspecified atom stereocenters. The number of nitrogens with one attached hydrogen (secondary N) is 2. The number of ether oxygens (including phenoxy) is 1. The average Bonchev–Trinajstić information content (AvgIpc) is 2.85. The molecule has 35 heavy (non-hydrogen) atoms. The van der Waals surface area contributed by atoms with Crippen molar-refractivity contribution in [2.45, 2.75) is 57.7 Å². The lowest BCUT2D eigenvalue weighted by Crippen LogP contribution is -2.54. The smallest absolute Gasteiger partial charge is 0.328 e. The number of rotatable bonds is 13. The van der Waals surface area contributed by atoms with Crippen LogP contribution in [0.1, 0.15) is 37.8 Å². The van der Waals surface area contributed by atoms with E-state index in [4.69, 9.17) is 10.5 Å². The molecular weight excluding hydrogens is 446 g/mol. The number of esters is 1. The third-order valence-electron chi connectivity index (χ3n) is 5.66. The number of methoxy groups -OCH3 is 1. The van der Waals surface area contributed by atoms with Gasteiger partial charge in [0.05, 0.1) is 13.2 Å². The van der Waals surface area contributed by atoms with E-state index in [0.29, 0.717) is 6.42 Å². The molecule has 2 rings (SSSR count). The predicted octanol–water partition coefficient (Wildman–Crippen LogP) is 1.95. The summed E-state index contributed by atoms with van der Waals surface area (Å²) in [7, 11) is 1.26. The van der Waals surface area contributed by atoms with Crippen LogP contribution in [0.4, 0.5) is 0 Å². The Labute approximate surface area is 206 Å². The van der Waals surface area contributed by atoms with E-state index in [1.54, 1.807) is 13.8 Å². The van der Waals surface area contributed by atoms with E-state index in [2.05, 4.69) is 10.6 Å². The molecule has 0 bridgehead atoms. The minimum Gasteiger partial charge on any atom is -0.467 e. The van der Waals surface area contributed by atoms with Crippen LogP contribution in [0, 0.1) is 5.92 Å². The van der Waals surface area contributed by atoms with E-state index in [0.717, 1.165) is 11.1 Å². The molecule has 0 heterocycles. The molecule has 0 saturated heterocycles. The lowest BCUT2D eigenvalue weighted by molar-refractivity contribution is -0.146. The lowest BCUT2D eigenvalue weighted by atomic mass is 10.00. The van der Waals surface area contributed by atoms with Gasteiger partial charge >= 0.3 is 5.97 Å². The van der Waals surface area contributed by atoms with Crippen LogP contribution in [0.25, 0.3) is 0 Å². The second kappa shape index (κ2) is 14.0. The minimum absolute atomic E-state index is 0.0315. The van der Waals surface area contributed by atoms with E-state index in [9.17, 15) is 19.2 Å². The zero-order valence-corrected chi connectivity index (χ0v) is 20.5. The molecule has 0 fully saturated rings. The SMILES string of the molecule is COC(=O)C(NC(=O)C(Cc1ccccc1)NC(=O)CCC(=O)C(N)Cc1ccccc1)C(C)C. The topological polar surface area (TPSA) is 128 Å². The molecule has 0 aliphatic heterocycles. The highest BCUT2D eigenvalue weighted by Crippen LogP contribution is 2.09. The van der Waals surface area contributed by atoms with Gasteiger partial charge in [-0.25, -0.2) is 4.79 Å². The van der Waals surface area contributed by atoms with E-state index in [1.165, 1.54) is 7.11 Å². The number of hydrogen-bond donors (Lipinski definition) is 3. The summed E-state index contributed by atoms with van der Waals surface area (Å²) in [6, 6.07) is 16.2. The molecule has 0 radical (unpaired) electrons. The summed E-state index contributed by atoms with van der Waals surface area (Å²) in [5, 5.41) is 5.40. The Morgan fingerprint density at radius 2 is 1.37 bits per heavy atom. The fourth-order valence-corrected chi connectivity index (χ4v) is 3.61. The molecule has 3 atom stereocenters. The highest BCUT2D eigenvalue weighted by molar-refractivity contribution is 5.92. The molecule has 188 valence electrons. The third kappa shape index (κ3) is 9.33. The summed E-state index contributed by atoms with van der Waals surface area (Å²) < 4.78 is 4.79. The van der Waals surface area contributed by atoms with Crippen molar-refractivity contribution in [2.24, 2.45) is 11.7 Å². The van der Waals surface area contributed by atoms with Gasteiger partial charge in [-0.05, 0) is 23.5 Å². The first-order valence-corrected chi connectivity index (χ1v) is 11.7. The lowest BCUT2D eigenvalue weighted by Gasteiger charge is -2.24. The molecule has 2 aromatic rings. The molecule has 8 nitrogen and oxygen atoms in total. The fraction of sp³-hybridized carbons (Fsp3) is 0.407. The first kappa shape index (κ1) is 27.7. The van der Waals surface area contributed by atoms with Crippen LogP contribution in [-0.4, -0.2) is 48.8 Å². The van der Waals surface area contributed by atoms with Crippen LogP contribution < -0.4 is 16.4 Å². The summed E-state index contributed by atoms with van der Waals surface area (Å²) in [6.07, 6.45) is 0.497.